The summed E-state index contributed by atoms with van der Waals surface area (Å²) < 4.78 is 6.19. The Bertz CT molecular complexity index is 464. The molecule has 0 bridgehead atoms. The first-order valence-electron chi connectivity index (χ1n) is 5.01. The molecule has 7 N–H and O–H groups in total. The summed E-state index contributed by atoms with van der Waals surface area (Å²) in [5, 5.41) is 28.2. The molecule has 2 unspecified atom stereocenters. The predicted molar refractivity (Wildman–Crippen MR) is 59.5 cm³/mol. The topological polar surface area (TPSA) is 162 Å². The summed E-state index contributed by atoms with van der Waals surface area (Å²) >= 11 is 0. The summed E-state index contributed by atoms with van der Waals surface area (Å²) in [6.07, 6.45) is -3.27. The number of hydrogen-bond acceptors (Lipinski definition) is 7. The van der Waals surface area contributed by atoms with Crippen LogP contribution in [0.15, 0.2) is 17.1 Å². The van der Waals surface area contributed by atoms with E-state index in [-0.39, 0.29) is 11.3 Å². The standard InChI is InChI=1S/C9H13N3O5.H2O/c10-5-1-2-12(9(16)11-5)8-7(15)6(14)4(3-13)17-8;/h1-2,4,6-8,13-15H,3H2,(H2,10,11,16);1H2/t4-,6?,7?,8-;/m1./s1. The lowest BCUT2D eigenvalue weighted by molar-refractivity contribution is -0.0549. The molecule has 9 heteroatoms. The Kier molecular flexibility index (Phi) is 4.38. The molecule has 0 spiro atoms. The maximum Gasteiger partial charge on any atom is 0.351 e. The molecule has 1 aromatic heterocycles. The van der Waals surface area contributed by atoms with Gasteiger partial charge in [0.1, 0.15) is 24.1 Å². The van der Waals surface area contributed by atoms with E-state index in [1.54, 1.807) is 0 Å². The molecular formula is C9H15N3O6. The first kappa shape index (κ1) is 14.5. The third kappa shape index (κ3) is 2.35. The second-order valence-corrected chi connectivity index (χ2v) is 3.77. The van der Waals surface area contributed by atoms with Gasteiger partial charge in [-0.1, -0.05) is 0 Å². The number of nitrogen functional groups attached to an aromatic ring is 1. The minimum absolute atomic E-state index is 0. The molecule has 1 aliphatic heterocycles. The number of ether oxygens (including phenoxy) is 1. The van der Waals surface area contributed by atoms with E-state index in [0.717, 1.165) is 4.57 Å². The average molecular weight is 261 g/mol. The third-order valence-electron chi connectivity index (χ3n) is 2.64. The van der Waals surface area contributed by atoms with E-state index in [1.807, 2.05) is 0 Å². The van der Waals surface area contributed by atoms with E-state index >= 15 is 0 Å². The molecule has 2 heterocycles. The number of hydrogen-bond donors (Lipinski definition) is 4. The van der Waals surface area contributed by atoms with E-state index in [2.05, 4.69) is 4.98 Å². The molecule has 1 fully saturated rings. The first-order chi connectivity index (χ1) is 8.04. The van der Waals surface area contributed by atoms with Crippen molar-refractivity contribution in [1.29, 1.82) is 0 Å². The summed E-state index contributed by atoms with van der Waals surface area (Å²) in [5.41, 5.74) is 4.63. The number of nitrogens with zero attached hydrogens (tertiary/aromatic N) is 2. The Labute approximate surface area is 101 Å². The Morgan fingerprint density at radius 2 is 2.11 bits per heavy atom. The Morgan fingerprint density at radius 3 is 2.61 bits per heavy atom. The van der Waals surface area contributed by atoms with Gasteiger partial charge in [0.15, 0.2) is 6.23 Å². The van der Waals surface area contributed by atoms with E-state index < -0.39 is 36.8 Å². The zero-order chi connectivity index (χ0) is 12.6. The van der Waals surface area contributed by atoms with Gasteiger partial charge in [-0.05, 0) is 6.07 Å². The molecule has 102 valence electrons. The number of rotatable bonds is 2. The molecule has 0 aliphatic carbocycles. The smallest absolute Gasteiger partial charge is 0.351 e. The Balaban J connectivity index is 0.00000162. The fourth-order valence-corrected chi connectivity index (χ4v) is 1.73. The van der Waals surface area contributed by atoms with Crippen LogP contribution >= 0.6 is 0 Å². The van der Waals surface area contributed by atoms with Crippen molar-refractivity contribution in [3.8, 4) is 0 Å². The van der Waals surface area contributed by atoms with E-state index in [1.165, 1.54) is 12.3 Å². The first-order valence-corrected chi connectivity index (χ1v) is 5.01. The lowest BCUT2D eigenvalue weighted by atomic mass is 10.1. The Morgan fingerprint density at radius 1 is 1.44 bits per heavy atom. The second-order valence-electron chi connectivity index (χ2n) is 3.77. The van der Waals surface area contributed by atoms with Crippen molar-refractivity contribution in [2.45, 2.75) is 24.5 Å². The van der Waals surface area contributed by atoms with Gasteiger partial charge in [0, 0.05) is 6.20 Å². The van der Waals surface area contributed by atoms with Gasteiger partial charge in [0.2, 0.25) is 0 Å². The van der Waals surface area contributed by atoms with Crippen molar-refractivity contribution in [3.63, 3.8) is 0 Å². The molecular weight excluding hydrogens is 246 g/mol. The van der Waals surface area contributed by atoms with Gasteiger partial charge in [-0.15, -0.1) is 0 Å². The van der Waals surface area contributed by atoms with Gasteiger partial charge in [0.25, 0.3) is 0 Å². The van der Waals surface area contributed by atoms with Crippen LogP contribution in [0, 0.1) is 0 Å². The van der Waals surface area contributed by atoms with Crippen LogP contribution in [-0.2, 0) is 4.74 Å². The van der Waals surface area contributed by atoms with E-state index in [4.69, 9.17) is 15.6 Å². The molecule has 1 saturated heterocycles. The molecule has 0 radical (unpaired) electrons. The van der Waals surface area contributed by atoms with Crippen molar-refractivity contribution in [3.05, 3.63) is 22.7 Å². The number of aliphatic hydroxyl groups is 3. The van der Waals surface area contributed by atoms with E-state index in [0.29, 0.717) is 0 Å². The lowest BCUT2D eigenvalue weighted by Crippen LogP contribution is -2.36. The average Bonchev–Trinajstić information content (AvgIpc) is 2.57. The van der Waals surface area contributed by atoms with Crippen molar-refractivity contribution in [1.82, 2.24) is 9.55 Å². The van der Waals surface area contributed by atoms with E-state index in [9.17, 15) is 15.0 Å². The largest absolute Gasteiger partial charge is 0.412 e. The molecule has 18 heavy (non-hydrogen) atoms. The highest BCUT2D eigenvalue weighted by molar-refractivity contribution is 5.23. The van der Waals surface area contributed by atoms with Crippen LogP contribution in [-0.4, -0.2) is 55.3 Å². The normalized spacial score (nSPS) is 31.1. The van der Waals surface area contributed by atoms with Gasteiger partial charge in [-0.3, -0.25) is 4.57 Å². The number of nitrogens with two attached hydrogens (primary N) is 1. The minimum Gasteiger partial charge on any atom is -0.412 e. The monoisotopic (exact) mass is 261 g/mol. The summed E-state index contributed by atoms with van der Waals surface area (Å²) in [7, 11) is 0. The molecule has 1 aliphatic rings. The van der Waals surface area contributed by atoms with Crippen LogP contribution in [0.5, 0.6) is 0 Å². The second kappa shape index (κ2) is 5.42. The van der Waals surface area contributed by atoms with Gasteiger partial charge < -0.3 is 31.3 Å². The fourth-order valence-electron chi connectivity index (χ4n) is 1.73. The van der Waals surface area contributed by atoms with Crippen LogP contribution in [0.2, 0.25) is 0 Å². The van der Waals surface area contributed by atoms with Crippen LogP contribution < -0.4 is 11.4 Å². The van der Waals surface area contributed by atoms with Crippen molar-refractivity contribution >= 4 is 5.82 Å². The third-order valence-corrected chi connectivity index (χ3v) is 2.64. The summed E-state index contributed by atoms with van der Waals surface area (Å²) in [6.45, 7) is -0.453. The summed E-state index contributed by atoms with van der Waals surface area (Å²) in [4.78, 5) is 15.0. The van der Waals surface area contributed by atoms with Crippen molar-refractivity contribution < 1.29 is 25.5 Å². The SMILES string of the molecule is Nc1ccn([C@@H]2O[C@H](CO)C(O)C2O)c(=O)n1.O. The fraction of sp³-hybridized carbons (Fsp3) is 0.556. The van der Waals surface area contributed by atoms with Gasteiger partial charge in [-0.2, -0.15) is 4.98 Å². The van der Waals surface area contributed by atoms with Crippen LogP contribution in [0.1, 0.15) is 6.23 Å². The molecule has 1 aromatic rings. The Hall–Kier alpha value is -1.52. The highest BCUT2D eigenvalue weighted by atomic mass is 16.6. The molecule has 0 saturated carbocycles. The zero-order valence-electron chi connectivity index (χ0n) is 9.30. The quantitative estimate of drug-likeness (QED) is 0.431. The highest BCUT2D eigenvalue weighted by Crippen LogP contribution is 2.27. The highest BCUT2D eigenvalue weighted by Gasteiger charge is 2.43. The number of anilines is 1. The molecule has 2 rings (SSSR count). The number of aliphatic hydroxyl groups excluding tert-OH is 3. The van der Waals surface area contributed by atoms with Crippen molar-refractivity contribution in [2.24, 2.45) is 0 Å². The predicted octanol–water partition coefficient (Wildman–Crippen LogP) is -3.39. The lowest BCUT2D eigenvalue weighted by Gasteiger charge is -2.16. The van der Waals surface area contributed by atoms with Crippen molar-refractivity contribution in [2.75, 3.05) is 12.3 Å². The van der Waals surface area contributed by atoms with Crippen LogP contribution in [0.3, 0.4) is 0 Å². The number of aromatic nitrogens is 2. The minimum atomic E-state index is -1.31. The van der Waals surface area contributed by atoms with Gasteiger partial charge in [-0.25, -0.2) is 4.79 Å². The molecule has 9 nitrogen and oxygen atoms in total. The van der Waals surface area contributed by atoms with Crippen LogP contribution in [0.4, 0.5) is 5.82 Å². The molecule has 0 amide bonds. The van der Waals surface area contributed by atoms with Gasteiger partial charge >= 0.3 is 5.69 Å². The zero-order valence-corrected chi connectivity index (χ0v) is 9.30. The van der Waals surface area contributed by atoms with Gasteiger partial charge in [0.05, 0.1) is 6.61 Å². The maximum absolute atomic E-state index is 11.5. The maximum atomic E-state index is 11.5. The van der Waals surface area contributed by atoms with Crippen LogP contribution in [0.25, 0.3) is 0 Å². The summed E-state index contributed by atoms with van der Waals surface area (Å²) in [6, 6.07) is 1.37. The molecule has 0 aromatic carbocycles. The molecule has 4 atom stereocenters. The summed E-state index contributed by atoms with van der Waals surface area (Å²) in [5.74, 6) is 0.0537.